The van der Waals surface area contributed by atoms with Gasteiger partial charge in [-0.3, -0.25) is 4.79 Å². The third-order valence-corrected chi connectivity index (χ3v) is 5.68. The normalized spacial score (nSPS) is 40.5. The van der Waals surface area contributed by atoms with Crippen molar-refractivity contribution in [3.8, 4) is 0 Å². The molecule has 0 aromatic carbocycles. The Labute approximate surface area is 103 Å². The van der Waals surface area contributed by atoms with E-state index in [1.807, 2.05) is 0 Å². The molecule has 1 amide bonds. The first kappa shape index (κ1) is 12.8. The van der Waals surface area contributed by atoms with Crippen molar-refractivity contribution < 1.29 is 9.90 Å². The monoisotopic (exact) mass is 240 g/mol. The van der Waals surface area contributed by atoms with Gasteiger partial charge in [0.05, 0.1) is 0 Å². The minimum atomic E-state index is -1.07. The number of carbonyl (C=O) groups is 1. The van der Waals surface area contributed by atoms with E-state index in [0.717, 1.165) is 12.3 Å². The molecular formula is C13H24N2O2. The van der Waals surface area contributed by atoms with Gasteiger partial charge < -0.3 is 16.2 Å². The summed E-state index contributed by atoms with van der Waals surface area (Å²) in [5.74, 6) is 0.112. The first-order valence-corrected chi connectivity index (χ1v) is 6.50. The summed E-state index contributed by atoms with van der Waals surface area (Å²) in [5.41, 5.74) is 5.68. The van der Waals surface area contributed by atoms with Gasteiger partial charge in [0.2, 0.25) is 5.91 Å². The first-order chi connectivity index (χ1) is 7.79. The molecule has 0 heterocycles. The minimum absolute atomic E-state index is 0.273. The lowest BCUT2D eigenvalue weighted by Crippen LogP contribution is -2.48. The lowest BCUT2D eigenvalue weighted by molar-refractivity contribution is -0.125. The smallest absolute Gasteiger partial charge is 0.247 e. The number of nitrogens with two attached hydrogens (primary N) is 1. The molecule has 4 heteroatoms. The largest absolute Gasteiger partial charge is 0.382 e. The Hall–Kier alpha value is -0.610. The summed E-state index contributed by atoms with van der Waals surface area (Å²) in [5, 5.41) is 12.8. The van der Waals surface area contributed by atoms with Crippen molar-refractivity contribution >= 4 is 5.91 Å². The van der Waals surface area contributed by atoms with E-state index in [1.54, 1.807) is 0 Å². The molecule has 4 unspecified atom stereocenters. The third kappa shape index (κ3) is 1.78. The summed E-state index contributed by atoms with van der Waals surface area (Å²) in [7, 11) is 0. The molecule has 4 atom stereocenters. The van der Waals surface area contributed by atoms with Crippen LogP contribution in [-0.2, 0) is 4.79 Å². The maximum Gasteiger partial charge on any atom is 0.247 e. The number of fused-ring (bicyclic) bond motifs is 2. The summed E-state index contributed by atoms with van der Waals surface area (Å²) in [6.45, 7) is 7.29. The van der Waals surface area contributed by atoms with Gasteiger partial charge >= 0.3 is 0 Å². The fourth-order valence-corrected chi connectivity index (χ4v) is 3.87. The molecule has 0 spiro atoms. The Bertz CT molecular complexity index is 329. The molecule has 0 radical (unpaired) electrons. The van der Waals surface area contributed by atoms with Crippen LogP contribution < -0.4 is 11.1 Å². The molecule has 4 nitrogen and oxygen atoms in total. The van der Waals surface area contributed by atoms with Crippen LogP contribution in [0.2, 0.25) is 0 Å². The molecule has 2 aliphatic rings. The molecule has 2 rings (SSSR count). The number of hydrogen-bond donors (Lipinski definition) is 3. The molecule has 17 heavy (non-hydrogen) atoms. The number of nitrogens with one attached hydrogen (secondary N) is 1. The van der Waals surface area contributed by atoms with E-state index < -0.39 is 12.0 Å². The molecule has 0 aliphatic heterocycles. The molecule has 0 aromatic rings. The highest BCUT2D eigenvalue weighted by molar-refractivity contribution is 5.78. The van der Waals surface area contributed by atoms with Crippen LogP contribution >= 0.6 is 0 Å². The molecule has 0 saturated heterocycles. The Balaban J connectivity index is 1.99. The number of hydrogen-bond acceptors (Lipinski definition) is 3. The standard InChI is InChI=1S/C13H24N2O2/c1-12(2)8-4-5-13(12,3)10(6-8)15-7-9(16)11(14)17/h8-10,15-16H,4-7H2,1-3H3,(H2,14,17). The molecule has 0 aromatic heterocycles. The molecule has 2 aliphatic carbocycles. The van der Waals surface area contributed by atoms with Gasteiger partial charge in [0, 0.05) is 12.6 Å². The zero-order valence-electron chi connectivity index (χ0n) is 11.0. The summed E-state index contributed by atoms with van der Waals surface area (Å²) < 4.78 is 0. The van der Waals surface area contributed by atoms with Gasteiger partial charge in [-0.15, -0.1) is 0 Å². The zero-order chi connectivity index (χ0) is 12.8. The molecule has 2 saturated carbocycles. The summed E-state index contributed by atoms with van der Waals surface area (Å²) >= 11 is 0. The third-order valence-electron chi connectivity index (χ3n) is 5.68. The van der Waals surface area contributed by atoms with Gasteiger partial charge in [0.1, 0.15) is 6.10 Å². The second-order valence-corrected chi connectivity index (χ2v) is 6.49. The average molecular weight is 240 g/mol. The lowest BCUT2D eigenvalue weighted by Gasteiger charge is -2.39. The van der Waals surface area contributed by atoms with Crippen LogP contribution in [0.1, 0.15) is 40.0 Å². The summed E-state index contributed by atoms with van der Waals surface area (Å²) in [6.07, 6.45) is 2.62. The van der Waals surface area contributed by atoms with Gasteiger partial charge in [-0.2, -0.15) is 0 Å². The van der Waals surface area contributed by atoms with E-state index >= 15 is 0 Å². The molecule has 4 N–H and O–H groups in total. The quantitative estimate of drug-likeness (QED) is 0.675. The van der Waals surface area contributed by atoms with Gasteiger partial charge in [-0.05, 0) is 36.0 Å². The van der Waals surface area contributed by atoms with E-state index in [2.05, 4.69) is 26.1 Å². The number of rotatable bonds is 4. The Kier molecular flexibility index (Phi) is 2.99. The van der Waals surface area contributed by atoms with Crippen LogP contribution in [0, 0.1) is 16.7 Å². The second kappa shape index (κ2) is 3.95. The van der Waals surface area contributed by atoms with Crippen molar-refractivity contribution in [2.45, 2.75) is 52.2 Å². The van der Waals surface area contributed by atoms with E-state index in [0.29, 0.717) is 11.5 Å². The zero-order valence-corrected chi connectivity index (χ0v) is 11.0. The predicted octanol–water partition coefficient (Wildman–Crippen LogP) is 0.637. The number of amides is 1. The number of carbonyl (C=O) groups excluding carboxylic acids is 1. The van der Waals surface area contributed by atoms with Crippen LogP contribution in [0.25, 0.3) is 0 Å². The average Bonchev–Trinajstić information content (AvgIpc) is 2.57. The van der Waals surface area contributed by atoms with Crippen molar-refractivity contribution in [2.75, 3.05) is 6.54 Å². The fraction of sp³-hybridized carbons (Fsp3) is 0.923. The van der Waals surface area contributed by atoms with Crippen molar-refractivity contribution in [1.82, 2.24) is 5.32 Å². The van der Waals surface area contributed by atoms with Crippen molar-refractivity contribution in [2.24, 2.45) is 22.5 Å². The maximum atomic E-state index is 10.8. The van der Waals surface area contributed by atoms with E-state index in [9.17, 15) is 9.90 Å². The molecule has 2 bridgehead atoms. The van der Waals surface area contributed by atoms with Crippen LogP contribution in [0.5, 0.6) is 0 Å². The number of primary amides is 1. The van der Waals surface area contributed by atoms with Crippen molar-refractivity contribution in [3.63, 3.8) is 0 Å². The molecule has 98 valence electrons. The fourth-order valence-electron chi connectivity index (χ4n) is 3.87. The van der Waals surface area contributed by atoms with Crippen LogP contribution in [0.15, 0.2) is 0 Å². The number of aliphatic hydroxyl groups excluding tert-OH is 1. The van der Waals surface area contributed by atoms with Gasteiger partial charge in [0.15, 0.2) is 0 Å². The minimum Gasteiger partial charge on any atom is -0.382 e. The summed E-state index contributed by atoms with van der Waals surface area (Å²) in [4.78, 5) is 10.8. The van der Waals surface area contributed by atoms with E-state index in [1.165, 1.54) is 12.8 Å². The van der Waals surface area contributed by atoms with Crippen LogP contribution in [0.4, 0.5) is 0 Å². The number of aliphatic hydroxyl groups is 1. The highest BCUT2D eigenvalue weighted by atomic mass is 16.3. The van der Waals surface area contributed by atoms with Gasteiger partial charge in [-0.25, -0.2) is 0 Å². The highest BCUT2D eigenvalue weighted by Crippen LogP contribution is 2.65. The molecular weight excluding hydrogens is 216 g/mol. The van der Waals surface area contributed by atoms with E-state index in [-0.39, 0.29) is 12.0 Å². The van der Waals surface area contributed by atoms with Gasteiger partial charge in [-0.1, -0.05) is 20.8 Å². The SMILES string of the molecule is CC1(C)C2CCC1(C)C(NCC(O)C(N)=O)C2. The van der Waals surface area contributed by atoms with Crippen LogP contribution in [0.3, 0.4) is 0 Å². The van der Waals surface area contributed by atoms with Crippen molar-refractivity contribution in [1.29, 1.82) is 0 Å². The Morgan fingerprint density at radius 3 is 2.59 bits per heavy atom. The lowest BCUT2D eigenvalue weighted by atomic mass is 9.69. The predicted molar refractivity (Wildman–Crippen MR) is 66.2 cm³/mol. The Morgan fingerprint density at radius 1 is 1.53 bits per heavy atom. The molecule has 2 fully saturated rings. The van der Waals surface area contributed by atoms with Crippen LogP contribution in [-0.4, -0.2) is 29.7 Å². The van der Waals surface area contributed by atoms with Crippen molar-refractivity contribution in [3.05, 3.63) is 0 Å². The Morgan fingerprint density at radius 2 is 2.18 bits per heavy atom. The highest BCUT2D eigenvalue weighted by Gasteiger charge is 2.61. The second-order valence-electron chi connectivity index (χ2n) is 6.49. The summed E-state index contributed by atoms with van der Waals surface area (Å²) in [6, 6.07) is 0.394. The topological polar surface area (TPSA) is 75.3 Å². The van der Waals surface area contributed by atoms with Gasteiger partial charge in [0.25, 0.3) is 0 Å². The van der Waals surface area contributed by atoms with E-state index in [4.69, 9.17) is 5.73 Å². The maximum absolute atomic E-state index is 10.8. The first-order valence-electron chi connectivity index (χ1n) is 6.50.